The number of hydrogen-bond acceptors (Lipinski definition) is 21. The van der Waals surface area contributed by atoms with E-state index in [-0.39, 0.29) is 142 Å². The zero-order chi connectivity index (χ0) is 85.0. The topological polar surface area (TPSA) is 432 Å². The van der Waals surface area contributed by atoms with Crippen molar-refractivity contribution in [3.05, 3.63) is 59.4 Å². The number of nitrogens with zero attached hydrogens (tertiary/aromatic N) is 5. The molecule has 3 aliphatic rings. The van der Waals surface area contributed by atoms with Crippen LogP contribution in [0.1, 0.15) is 162 Å². The van der Waals surface area contributed by atoms with Gasteiger partial charge in [0.2, 0.25) is 53.2 Å². The summed E-state index contributed by atoms with van der Waals surface area (Å²) in [4.78, 5) is 194. The molecule has 10 N–H and O–H groups in total. The van der Waals surface area contributed by atoms with Gasteiger partial charge in [0.05, 0.1) is 74.5 Å². The predicted molar refractivity (Wildman–Crippen MR) is 423 cm³/mol. The molecule has 13 amide bonds. The standard InChI is InChI=1S/C79H122FN13O20S/c1-17-48(8)68(91(13)75(105)66(46(4)5)88-73(103)67(47(6)7)89(10)11)59(110-15)38-62(96)93-42-53(37-56(93)69(111-16)49(9)70(100)84-41-57(94)51-26-29-58(109-14)54(80)36-51)113-77(107)83-33-35-90(12)78(108)112-43-50-24-27-52(28-25-50)85-71(101)55(22-21-32-82-76(81)106)86-72(102)65(45(2)3)87-61(95)23-19-18-20-34-92-63(97)39-60(74(92)104)114-44-79(30-31-79)40-64(98)99/h24-29,36,45-49,53,55-56,59-60,65-69H,17-23,30-35,37-44H2,1-16H3,(H,83,107)(H,84,100)(H,85,101)(H,86,102)(H,87,95)(H,88,103)(H,98,99)(H3,81,82,106)/t48-,49+,53-,55-,56-,59+,60?,65-,66-,67-,68-,69+/m0/s1. The number of thioether (sulfide) groups is 1. The van der Waals surface area contributed by atoms with Crippen molar-refractivity contribution in [1.82, 2.24) is 56.4 Å². The number of nitrogens with one attached hydrogen (secondary N) is 7. The van der Waals surface area contributed by atoms with Gasteiger partial charge in [0.15, 0.2) is 17.3 Å². The van der Waals surface area contributed by atoms with Gasteiger partial charge in [-0.15, -0.1) is 11.8 Å². The van der Waals surface area contributed by atoms with Crippen molar-refractivity contribution in [2.75, 3.05) is 99.9 Å². The van der Waals surface area contributed by atoms with Crippen molar-refractivity contribution in [3.63, 3.8) is 0 Å². The molecular formula is C79H122FN13O20S. The number of nitrogens with two attached hydrogens (primary N) is 1. The van der Waals surface area contributed by atoms with Crippen molar-refractivity contribution >= 4 is 101 Å². The summed E-state index contributed by atoms with van der Waals surface area (Å²) in [6.07, 6.45) is -1.11. The minimum Gasteiger partial charge on any atom is -0.494 e. The summed E-state index contributed by atoms with van der Waals surface area (Å²) in [5, 5.41) is 27.7. The summed E-state index contributed by atoms with van der Waals surface area (Å²) in [5.74, 6) is -8.03. The predicted octanol–water partition coefficient (Wildman–Crippen LogP) is 5.44. The number of amides is 13. The Balaban J connectivity index is 1.17. The van der Waals surface area contributed by atoms with Crippen molar-refractivity contribution in [3.8, 4) is 5.75 Å². The number of benzene rings is 2. The number of halogens is 1. The smallest absolute Gasteiger partial charge is 0.409 e. The number of urea groups is 1. The van der Waals surface area contributed by atoms with Crippen LogP contribution in [0.2, 0.25) is 0 Å². The maximum atomic E-state index is 15.0. The van der Waals surface area contributed by atoms with E-state index in [1.807, 2.05) is 41.5 Å². The molecule has 2 saturated heterocycles. The van der Waals surface area contributed by atoms with Gasteiger partial charge in [0.1, 0.15) is 30.8 Å². The Morgan fingerprint density at radius 2 is 1.44 bits per heavy atom. The van der Waals surface area contributed by atoms with Gasteiger partial charge < -0.3 is 86.4 Å². The zero-order valence-electron chi connectivity index (χ0n) is 68.9. The van der Waals surface area contributed by atoms with Gasteiger partial charge in [-0.25, -0.2) is 18.8 Å². The number of primary amides is 1. The van der Waals surface area contributed by atoms with Crippen molar-refractivity contribution in [2.24, 2.45) is 40.7 Å². The second-order valence-electron chi connectivity index (χ2n) is 31.2. The van der Waals surface area contributed by atoms with E-state index in [1.54, 1.807) is 71.1 Å². The third kappa shape index (κ3) is 28.6. The van der Waals surface area contributed by atoms with Gasteiger partial charge in [-0.2, -0.15) is 0 Å². The Morgan fingerprint density at radius 1 is 0.763 bits per heavy atom. The van der Waals surface area contributed by atoms with Crippen molar-refractivity contribution < 1.29 is 100 Å². The van der Waals surface area contributed by atoms with E-state index in [0.29, 0.717) is 42.7 Å². The molecular weight excluding hydrogens is 1500 g/mol. The molecule has 0 aromatic heterocycles. The molecule has 2 heterocycles. The normalized spacial score (nSPS) is 18.1. The Kier molecular flexibility index (Phi) is 38.3. The van der Waals surface area contributed by atoms with Crippen LogP contribution in [0.25, 0.3) is 0 Å². The number of likely N-dealkylation sites (N-methyl/N-ethyl adjacent to an activating group) is 3. The maximum Gasteiger partial charge on any atom is 0.409 e. The summed E-state index contributed by atoms with van der Waals surface area (Å²) in [7, 11) is 10.7. The number of ether oxygens (including phenoxy) is 5. The lowest BCUT2D eigenvalue weighted by Gasteiger charge is -2.41. The number of alkyl carbamates (subject to hydrolysis) is 1. The van der Waals surface area contributed by atoms with E-state index >= 15 is 4.79 Å². The van der Waals surface area contributed by atoms with E-state index in [0.717, 1.165) is 18.9 Å². The Hall–Kier alpha value is -9.22. The van der Waals surface area contributed by atoms with E-state index in [2.05, 4.69) is 37.2 Å². The number of Topliss-reactive ketones (excluding diaryl/α,β-unsaturated/α-hetero) is 1. The second-order valence-corrected chi connectivity index (χ2v) is 32.4. The summed E-state index contributed by atoms with van der Waals surface area (Å²) >= 11 is 1.34. The first-order valence-corrected chi connectivity index (χ1v) is 40.1. The van der Waals surface area contributed by atoms with Crippen LogP contribution in [-0.4, -0.2) is 267 Å². The average molecular weight is 1620 g/mol. The number of rotatable bonds is 48. The molecule has 636 valence electrons. The first-order valence-electron chi connectivity index (χ1n) is 39.1. The van der Waals surface area contributed by atoms with Gasteiger partial charge in [-0.05, 0) is 118 Å². The van der Waals surface area contributed by atoms with Gasteiger partial charge in [0, 0.05) is 90.8 Å². The Bertz CT molecular complexity index is 3640. The monoisotopic (exact) mass is 1620 g/mol. The number of likely N-dealkylation sites (tertiary alicyclic amines) is 2. The van der Waals surface area contributed by atoms with Crippen LogP contribution in [0.3, 0.4) is 0 Å². The fourth-order valence-corrected chi connectivity index (χ4v) is 15.7. The zero-order valence-corrected chi connectivity index (χ0v) is 69.7. The number of carbonyl (C=O) groups excluding carboxylic acids is 13. The SMILES string of the molecule is CC[C@H](C)[C@@H]([C@@H](CC(=O)N1C[C@@H](OC(=O)NCCN(C)C(=O)OCc2ccc(NC(=O)[C@H](CCCNC(N)=O)NC(=O)[C@@H](NC(=O)CCCCCN3C(=O)CC(SCC4(CC(=O)O)CC4)C3=O)C(C)C)cc2)C[C@H]1[C@H](OC)[C@@H](C)C(=O)NCC(=O)c1ccc(OC)c(F)c1)OC)N(C)C(=O)[C@@H](NC(=O)[C@H](C(C)C)N(C)C)C(C)C. The second kappa shape index (κ2) is 45.8. The molecule has 2 aliphatic heterocycles. The minimum absolute atomic E-state index is 0.0175. The number of hydrogen-bond donors (Lipinski definition) is 9. The van der Waals surface area contributed by atoms with Crippen LogP contribution in [0.4, 0.5) is 24.5 Å². The van der Waals surface area contributed by atoms with E-state index in [4.69, 9.17) is 29.4 Å². The lowest BCUT2D eigenvalue weighted by Crippen LogP contribution is -2.59. The third-order valence-corrected chi connectivity index (χ3v) is 22.7. The number of carboxylic acid groups (broad SMARTS) is 1. The molecule has 35 heteroatoms. The average Bonchev–Trinajstić information content (AvgIpc) is 1.62. The number of unbranched alkanes of at least 4 members (excludes halogenated alkanes) is 2. The molecule has 0 bridgehead atoms. The fraction of sp³-hybridized carbons (Fsp3) is 0.671. The molecule has 1 unspecified atom stereocenters. The van der Waals surface area contributed by atoms with Gasteiger partial charge in [-0.1, -0.05) is 87.3 Å². The van der Waals surface area contributed by atoms with Crippen LogP contribution < -0.4 is 47.7 Å². The van der Waals surface area contributed by atoms with E-state index < -0.39 is 144 Å². The quantitative estimate of drug-likeness (QED) is 0.0226. The van der Waals surface area contributed by atoms with Crippen LogP contribution in [0.5, 0.6) is 5.75 Å². The molecule has 1 saturated carbocycles. The largest absolute Gasteiger partial charge is 0.494 e. The van der Waals surface area contributed by atoms with Gasteiger partial charge >= 0.3 is 24.2 Å². The summed E-state index contributed by atoms with van der Waals surface area (Å²) in [6.45, 7) is 15.6. The number of anilines is 1. The number of ketones is 1. The number of carboxylic acids is 1. The molecule has 5 rings (SSSR count). The highest BCUT2D eigenvalue weighted by atomic mass is 32.2. The number of methoxy groups -OCH3 is 3. The highest BCUT2D eigenvalue weighted by Crippen LogP contribution is 2.52. The third-order valence-electron chi connectivity index (χ3n) is 21.2. The Morgan fingerprint density at radius 3 is 2.02 bits per heavy atom. The number of carbonyl (C=O) groups is 14. The van der Waals surface area contributed by atoms with Crippen LogP contribution in [0, 0.1) is 40.8 Å². The summed E-state index contributed by atoms with van der Waals surface area (Å²) < 4.78 is 43.1. The first-order chi connectivity index (χ1) is 53.8. The molecule has 1 aliphatic carbocycles. The first kappa shape index (κ1) is 95.4. The van der Waals surface area contributed by atoms with Crippen molar-refractivity contribution in [1.29, 1.82) is 0 Å². The van der Waals surface area contributed by atoms with Crippen LogP contribution >= 0.6 is 11.8 Å². The molecule has 0 radical (unpaired) electrons. The van der Waals surface area contributed by atoms with Crippen LogP contribution in [-0.2, 0) is 73.5 Å². The molecule has 2 aromatic rings. The molecule has 3 fully saturated rings. The Labute approximate surface area is 672 Å². The van der Waals surface area contributed by atoms with Gasteiger partial charge in [0.25, 0.3) is 0 Å². The highest BCUT2D eigenvalue weighted by Gasteiger charge is 2.49. The molecule has 0 spiro atoms. The van der Waals surface area contributed by atoms with Gasteiger partial charge in [-0.3, -0.25) is 62.5 Å². The fourth-order valence-electron chi connectivity index (χ4n) is 14.3. The maximum absolute atomic E-state index is 15.0. The number of imide groups is 1. The highest BCUT2D eigenvalue weighted by molar-refractivity contribution is 8.00. The van der Waals surface area contributed by atoms with E-state index in [9.17, 15) is 71.8 Å². The van der Waals surface area contributed by atoms with Crippen molar-refractivity contribution in [2.45, 2.75) is 212 Å². The lowest BCUT2D eigenvalue weighted by molar-refractivity contribution is -0.148. The summed E-state index contributed by atoms with van der Waals surface area (Å²) in [6, 6.07) is 3.87. The molecule has 114 heavy (non-hydrogen) atoms. The van der Waals surface area contributed by atoms with Crippen LogP contribution in [0.15, 0.2) is 42.5 Å². The minimum atomic E-state index is -1.15. The molecule has 2 aromatic carbocycles. The number of aliphatic carboxylic acids is 1. The molecule has 12 atom stereocenters. The summed E-state index contributed by atoms with van der Waals surface area (Å²) in [5.41, 5.74) is 5.76. The van der Waals surface area contributed by atoms with E-state index in [1.165, 1.54) is 71.9 Å². The molecule has 33 nitrogen and oxygen atoms in total. The lowest BCUT2D eigenvalue weighted by atomic mass is 9.89.